The maximum absolute atomic E-state index is 13.1. The van der Waals surface area contributed by atoms with E-state index < -0.39 is 24.2 Å². The number of ether oxygens (including phenoxy) is 2. The van der Waals surface area contributed by atoms with Crippen molar-refractivity contribution in [3.63, 3.8) is 0 Å². The molecule has 1 heterocycles. The Morgan fingerprint density at radius 3 is 2.29 bits per heavy atom. The number of allylic oxidation sites excluding steroid dienone is 1. The maximum atomic E-state index is 13.1. The minimum Gasteiger partial charge on any atom is -0.481 e. The summed E-state index contributed by atoms with van der Waals surface area (Å²) < 4.78 is 16.7. The summed E-state index contributed by atoms with van der Waals surface area (Å²) in [4.78, 5) is 25.2. The SMILES string of the molecule is COC(OC)[C@H](C[C@H](CC=Cc1ccccc1)C(=O)O)NC(=O)c1ccc(-c2cc3ccccc3o2)cc1. The Bertz CT molecular complexity index is 1340. The molecule has 0 unspecified atom stereocenters. The molecule has 38 heavy (non-hydrogen) atoms. The number of benzene rings is 3. The van der Waals surface area contributed by atoms with Gasteiger partial charge < -0.3 is 24.3 Å². The van der Waals surface area contributed by atoms with Crippen LogP contribution in [0.1, 0.15) is 28.8 Å². The number of amides is 1. The minimum absolute atomic E-state index is 0.129. The predicted molar refractivity (Wildman–Crippen MR) is 147 cm³/mol. The molecule has 0 aliphatic heterocycles. The van der Waals surface area contributed by atoms with E-state index in [1.807, 2.05) is 84.9 Å². The fourth-order valence-corrected chi connectivity index (χ4v) is 4.36. The minimum atomic E-state index is -0.955. The molecule has 0 bridgehead atoms. The Hall–Kier alpha value is -4.20. The average Bonchev–Trinajstić information content (AvgIpc) is 3.38. The third kappa shape index (κ3) is 6.76. The number of nitrogens with one attached hydrogen (secondary N) is 1. The molecule has 2 atom stereocenters. The van der Waals surface area contributed by atoms with E-state index >= 15 is 0 Å². The lowest BCUT2D eigenvalue weighted by Gasteiger charge is -2.28. The third-order valence-corrected chi connectivity index (χ3v) is 6.38. The van der Waals surface area contributed by atoms with E-state index in [2.05, 4.69) is 5.32 Å². The Morgan fingerprint density at radius 1 is 0.947 bits per heavy atom. The molecule has 0 fully saturated rings. The van der Waals surface area contributed by atoms with E-state index in [4.69, 9.17) is 13.9 Å². The standard InChI is InChI=1S/C31H31NO6/c1-36-31(37-2)26(19-25(30(34)35)13-8-11-21-9-4-3-5-10-21)32-29(33)23-17-15-22(16-18-23)28-20-24-12-6-7-14-27(24)38-28/h3-12,14-18,20,25-26,31H,13,19H2,1-2H3,(H,32,33)(H,34,35)/t25-,26-/m0/s1. The molecule has 0 saturated carbocycles. The number of hydrogen-bond acceptors (Lipinski definition) is 5. The van der Waals surface area contributed by atoms with E-state index in [9.17, 15) is 14.7 Å². The van der Waals surface area contributed by atoms with Crippen molar-refractivity contribution in [3.8, 4) is 11.3 Å². The average molecular weight is 514 g/mol. The first kappa shape index (κ1) is 26.9. The molecule has 0 aliphatic carbocycles. The van der Waals surface area contributed by atoms with Gasteiger partial charge in [-0.25, -0.2) is 0 Å². The lowest BCUT2D eigenvalue weighted by Crippen LogP contribution is -2.46. The molecule has 7 nitrogen and oxygen atoms in total. The Balaban J connectivity index is 1.45. The van der Waals surface area contributed by atoms with Gasteiger partial charge in [0.25, 0.3) is 5.91 Å². The molecular weight excluding hydrogens is 482 g/mol. The quantitative estimate of drug-likeness (QED) is 0.225. The number of methoxy groups -OCH3 is 2. The van der Waals surface area contributed by atoms with Gasteiger partial charge in [0.2, 0.25) is 0 Å². The number of furan rings is 1. The van der Waals surface area contributed by atoms with Crippen LogP contribution in [0.4, 0.5) is 0 Å². The summed E-state index contributed by atoms with van der Waals surface area (Å²) in [7, 11) is 2.92. The number of para-hydroxylation sites is 1. The van der Waals surface area contributed by atoms with Gasteiger partial charge >= 0.3 is 5.97 Å². The maximum Gasteiger partial charge on any atom is 0.306 e. The van der Waals surface area contributed by atoms with Crippen molar-refractivity contribution in [1.82, 2.24) is 5.32 Å². The molecule has 0 aliphatic rings. The Kier molecular flexibility index (Phi) is 9.08. The van der Waals surface area contributed by atoms with E-state index in [1.165, 1.54) is 14.2 Å². The van der Waals surface area contributed by atoms with Crippen LogP contribution in [-0.4, -0.2) is 43.5 Å². The van der Waals surface area contributed by atoms with E-state index in [-0.39, 0.29) is 12.3 Å². The molecule has 1 aromatic heterocycles. The number of hydrogen-bond donors (Lipinski definition) is 2. The van der Waals surface area contributed by atoms with Crippen molar-refractivity contribution in [1.29, 1.82) is 0 Å². The summed E-state index contributed by atoms with van der Waals surface area (Å²) in [5, 5.41) is 13.8. The second-order valence-corrected chi connectivity index (χ2v) is 8.97. The number of carbonyl (C=O) groups excluding carboxylic acids is 1. The van der Waals surface area contributed by atoms with Crippen molar-refractivity contribution in [2.75, 3.05) is 14.2 Å². The molecule has 1 amide bonds. The van der Waals surface area contributed by atoms with Gasteiger partial charge in [-0.1, -0.05) is 72.8 Å². The van der Waals surface area contributed by atoms with Crippen molar-refractivity contribution in [3.05, 3.63) is 102 Å². The van der Waals surface area contributed by atoms with Crippen LogP contribution >= 0.6 is 0 Å². The highest BCUT2D eigenvalue weighted by Gasteiger charge is 2.29. The molecule has 3 aromatic carbocycles. The highest BCUT2D eigenvalue weighted by Crippen LogP contribution is 2.28. The van der Waals surface area contributed by atoms with Crippen LogP contribution in [0.2, 0.25) is 0 Å². The van der Waals surface area contributed by atoms with Crippen molar-refractivity contribution >= 4 is 28.9 Å². The molecule has 0 radical (unpaired) electrons. The number of carbonyl (C=O) groups is 2. The number of fused-ring (bicyclic) bond motifs is 1. The third-order valence-electron chi connectivity index (χ3n) is 6.38. The molecule has 196 valence electrons. The fraction of sp³-hybridized carbons (Fsp3) is 0.226. The first-order valence-corrected chi connectivity index (χ1v) is 12.4. The predicted octanol–water partition coefficient (Wildman–Crippen LogP) is 6.01. The topological polar surface area (TPSA) is 98.0 Å². The lowest BCUT2D eigenvalue weighted by molar-refractivity contribution is -0.146. The first-order valence-electron chi connectivity index (χ1n) is 12.4. The largest absolute Gasteiger partial charge is 0.481 e. The number of rotatable bonds is 12. The molecule has 0 spiro atoms. The lowest BCUT2D eigenvalue weighted by atomic mass is 9.95. The van der Waals surface area contributed by atoms with Crippen LogP contribution in [0.15, 0.2) is 95.4 Å². The van der Waals surface area contributed by atoms with Crippen LogP contribution in [0.5, 0.6) is 0 Å². The van der Waals surface area contributed by atoms with Crippen molar-refractivity contribution in [2.45, 2.75) is 25.2 Å². The normalized spacial score (nSPS) is 13.1. The van der Waals surface area contributed by atoms with E-state index in [0.717, 1.165) is 22.1 Å². The number of aliphatic carboxylic acids is 1. The summed E-state index contributed by atoms with van der Waals surface area (Å²) in [6.07, 6.45) is 3.33. The van der Waals surface area contributed by atoms with Crippen molar-refractivity contribution < 1.29 is 28.6 Å². The van der Waals surface area contributed by atoms with Crippen LogP contribution < -0.4 is 5.32 Å². The smallest absolute Gasteiger partial charge is 0.306 e. The molecule has 2 N–H and O–H groups in total. The van der Waals surface area contributed by atoms with E-state index in [0.29, 0.717) is 17.7 Å². The second kappa shape index (κ2) is 12.9. The zero-order valence-electron chi connectivity index (χ0n) is 21.4. The molecule has 4 aromatic rings. The summed E-state index contributed by atoms with van der Waals surface area (Å²) in [6, 6.07) is 25.7. The van der Waals surface area contributed by atoms with Crippen LogP contribution in [0.25, 0.3) is 28.4 Å². The van der Waals surface area contributed by atoms with Gasteiger partial charge in [-0.05, 0) is 42.7 Å². The monoisotopic (exact) mass is 513 g/mol. The molecule has 0 saturated heterocycles. The van der Waals surface area contributed by atoms with Gasteiger partial charge in [-0.2, -0.15) is 0 Å². The summed E-state index contributed by atoms with van der Waals surface area (Å²) in [6.45, 7) is 0. The number of carboxylic acid groups (broad SMARTS) is 1. The van der Waals surface area contributed by atoms with Crippen LogP contribution in [-0.2, 0) is 14.3 Å². The zero-order chi connectivity index (χ0) is 26.9. The highest BCUT2D eigenvalue weighted by atomic mass is 16.7. The molecule has 7 heteroatoms. The van der Waals surface area contributed by atoms with Gasteiger partial charge in [-0.15, -0.1) is 0 Å². The zero-order valence-corrected chi connectivity index (χ0v) is 21.4. The van der Waals surface area contributed by atoms with Crippen LogP contribution in [0.3, 0.4) is 0 Å². The Morgan fingerprint density at radius 2 is 1.63 bits per heavy atom. The van der Waals surface area contributed by atoms with Gasteiger partial charge in [-0.3, -0.25) is 9.59 Å². The summed E-state index contributed by atoms with van der Waals surface area (Å²) in [5.74, 6) is -1.34. The fourth-order valence-electron chi connectivity index (χ4n) is 4.36. The van der Waals surface area contributed by atoms with E-state index in [1.54, 1.807) is 12.1 Å². The van der Waals surface area contributed by atoms with Gasteiger partial charge in [0.1, 0.15) is 11.3 Å². The van der Waals surface area contributed by atoms with Gasteiger partial charge in [0.05, 0.1) is 12.0 Å². The Labute approximate surface area is 221 Å². The molecular formula is C31H31NO6. The second-order valence-electron chi connectivity index (χ2n) is 8.97. The molecule has 4 rings (SSSR count). The summed E-state index contributed by atoms with van der Waals surface area (Å²) in [5.41, 5.74) is 3.05. The van der Waals surface area contributed by atoms with Gasteiger partial charge in [0, 0.05) is 30.7 Å². The van der Waals surface area contributed by atoms with Crippen molar-refractivity contribution in [2.24, 2.45) is 5.92 Å². The van der Waals surface area contributed by atoms with Gasteiger partial charge in [0.15, 0.2) is 6.29 Å². The number of carboxylic acids is 1. The van der Waals surface area contributed by atoms with Crippen LogP contribution in [0, 0.1) is 5.92 Å². The first-order chi connectivity index (χ1) is 18.5. The summed E-state index contributed by atoms with van der Waals surface area (Å²) >= 11 is 0. The highest BCUT2D eigenvalue weighted by molar-refractivity contribution is 5.95.